The van der Waals surface area contributed by atoms with Gasteiger partial charge >= 0.3 is 11.9 Å². The van der Waals surface area contributed by atoms with Crippen molar-refractivity contribution in [2.45, 2.75) is 38.5 Å². The van der Waals surface area contributed by atoms with Gasteiger partial charge in [0.15, 0.2) is 0 Å². The van der Waals surface area contributed by atoms with Crippen molar-refractivity contribution in [1.82, 2.24) is 10.6 Å². The molecule has 31 heavy (non-hydrogen) atoms. The number of benzene rings is 2. The van der Waals surface area contributed by atoms with Gasteiger partial charge in [-0.3, -0.25) is 9.59 Å². The zero-order valence-electron chi connectivity index (χ0n) is 17.4. The third-order valence-corrected chi connectivity index (χ3v) is 4.79. The Morgan fingerprint density at radius 3 is 2.29 bits per heavy atom. The van der Waals surface area contributed by atoms with Gasteiger partial charge in [0.25, 0.3) is 0 Å². The van der Waals surface area contributed by atoms with Gasteiger partial charge in [0.1, 0.15) is 12.6 Å². The molecule has 7 nitrogen and oxygen atoms in total. The molecule has 162 valence electrons. The van der Waals surface area contributed by atoms with Crippen LogP contribution in [-0.2, 0) is 36.9 Å². The smallest absolute Gasteiger partial charge is 0.328 e. The second kappa shape index (κ2) is 11.0. The lowest BCUT2D eigenvalue weighted by Crippen LogP contribution is -2.44. The largest absolute Gasteiger partial charge is 0.464 e. The Morgan fingerprint density at radius 1 is 1.00 bits per heavy atom. The molecule has 1 aliphatic heterocycles. The monoisotopic (exact) mass is 422 g/mol. The van der Waals surface area contributed by atoms with E-state index in [1.807, 2.05) is 60.7 Å². The highest BCUT2D eigenvalue weighted by molar-refractivity contribution is 5.92. The molecule has 0 radical (unpaired) electrons. The summed E-state index contributed by atoms with van der Waals surface area (Å²) in [5.41, 5.74) is 2.30. The van der Waals surface area contributed by atoms with Gasteiger partial charge < -0.3 is 20.1 Å². The van der Waals surface area contributed by atoms with E-state index in [0.29, 0.717) is 12.1 Å². The summed E-state index contributed by atoms with van der Waals surface area (Å²) >= 11 is 0. The number of carbonyl (C=O) groups excluding carboxylic acids is 3. The Hall–Kier alpha value is -3.61. The molecule has 2 unspecified atom stereocenters. The second-order valence-electron chi connectivity index (χ2n) is 7.15. The molecular weight excluding hydrogens is 396 g/mol. The Morgan fingerprint density at radius 2 is 1.65 bits per heavy atom. The molecule has 7 heteroatoms. The molecule has 2 aromatic rings. The normalized spacial score (nSPS) is 16.1. The van der Waals surface area contributed by atoms with Gasteiger partial charge in [0, 0.05) is 18.2 Å². The van der Waals surface area contributed by atoms with Crippen molar-refractivity contribution >= 4 is 17.8 Å². The number of carbonyl (C=O) groups is 3. The second-order valence-corrected chi connectivity index (χ2v) is 7.15. The number of rotatable bonds is 10. The van der Waals surface area contributed by atoms with E-state index in [2.05, 4.69) is 10.6 Å². The standard InChI is InChI=1S/C24H26N2O5/c1-2-30-24(29)21(13-17-9-5-3-6-10-17)25-19-14-22(27)26-20(19)15-23(28)31-16-18-11-7-4-8-12-18/h3-12,14,20-21,25H,2,13,15-16H2,1H3,(H,26,27). The summed E-state index contributed by atoms with van der Waals surface area (Å²) < 4.78 is 10.5. The van der Waals surface area contributed by atoms with E-state index in [4.69, 9.17) is 9.47 Å². The number of hydrogen-bond donors (Lipinski definition) is 2. The van der Waals surface area contributed by atoms with Gasteiger partial charge in [0.2, 0.25) is 5.91 Å². The van der Waals surface area contributed by atoms with Crippen molar-refractivity contribution < 1.29 is 23.9 Å². The van der Waals surface area contributed by atoms with Crippen molar-refractivity contribution in [2.24, 2.45) is 0 Å². The fraction of sp³-hybridized carbons (Fsp3) is 0.292. The van der Waals surface area contributed by atoms with Gasteiger partial charge in [-0.15, -0.1) is 0 Å². The molecule has 1 amide bonds. The van der Waals surface area contributed by atoms with Gasteiger partial charge in [-0.2, -0.15) is 0 Å². The molecule has 2 atom stereocenters. The van der Waals surface area contributed by atoms with Crippen molar-refractivity contribution in [3.8, 4) is 0 Å². The maximum absolute atomic E-state index is 12.5. The molecule has 0 aromatic heterocycles. The van der Waals surface area contributed by atoms with Crippen molar-refractivity contribution in [3.05, 3.63) is 83.6 Å². The van der Waals surface area contributed by atoms with Crippen LogP contribution in [0.25, 0.3) is 0 Å². The maximum atomic E-state index is 12.5. The first kappa shape index (κ1) is 22.1. The highest BCUT2D eigenvalue weighted by atomic mass is 16.5. The quantitative estimate of drug-likeness (QED) is 0.571. The van der Waals surface area contributed by atoms with Crippen LogP contribution in [0.5, 0.6) is 0 Å². The molecule has 0 spiro atoms. The molecule has 3 rings (SSSR count). The van der Waals surface area contributed by atoms with Crippen LogP contribution in [0.15, 0.2) is 72.4 Å². The van der Waals surface area contributed by atoms with Crippen LogP contribution < -0.4 is 10.6 Å². The Bertz CT molecular complexity index is 928. The lowest BCUT2D eigenvalue weighted by atomic mass is 10.0. The summed E-state index contributed by atoms with van der Waals surface area (Å²) in [4.78, 5) is 36.8. The maximum Gasteiger partial charge on any atom is 0.328 e. The molecule has 0 aliphatic carbocycles. The molecule has 1 heterocycles. The topological polar surface area (TPSA) is 93.7 Å². The lowest BCUT2D eigenvalue weighted by Gasteiger charge is -2.22. The minimum Gasteiger partial charge on any atom is -0.464 e. The van der Waals surface area contributed by atoms with Crippen LogP contribution >= 0.6 is 0 Å². The first-order valence-electron chi connectivity index (χ1n) is 10.2. The van der Waals surface area contributed by atoms with E-state index in [9.17, 15) is 14.4 Å². The third-order valence-electron chi connectivity index (χ3n) is 4.79. The van der Waals surface area contributed by atoms with Crippen LogP contribution in [0.3, 0.4) is 0 Å². The van der Waals surface area contributed by atoms with Crippen LogP contribution in [0.4, 0.5) is 0 Å². The van der Waals surface area contributed by atoms with Crippen molar-refractivity contribution in [2.75, 3.05) is 6.61 Å². The van der Waals surface area contributed by atoms with Gasteiger partial charge in [-0.1, -0.05) is 60.7 Å². The average molecular weight is 422 g/mol. The van der Waals surface area contributed by atoms with Crippen LogP contribution in [0, 0.1) is 0 Å². The van der Waals surface area contributed by atoms with E-state index < -0.39 is 24.0 Å². The number of nitrogens with one attached hydrogen (secondary N) is 2. The summed E-state index contributed by atoms with van der Waals surface area (Å²) in [7, 11) is 0. The van der Waals surface area contributed by atoms with Gasteiger partial charge in [-0.05, 0) is 18.1 Å². The zero-order valence-corrected chi connectivity index (χ0v) is 17.4. The highest BCUT2D eigenvalue weighted by Gasteiger charge is 2.31. The molecule has 0 bridgehead atoms. The first-order chi connectivity index (χ1) is 15.0. The highest BCUT2D eigenvalue weighted by Crippen LogP contribution is 2.15. The fourth-order valence-electron chi connectivity index (χ4n) is 3.29. The molecule has 0 fully saturated rings. The number of amides is 1. The first-order valence-corrected chi connectivity index (χ1v) is 10.2. The predicted molar refractivity (Wildman–Crippen MR) is 115 cm³/mol. The molecule has 2 N–H and O–H groups in total. The van der Waals surface area contributed by atoms with Crippen LogP contribution in [0.2, 0.25) is 0 Å². The Labute approximate surface area is 181 Å². The zero-order chi connectivity index (χ0) is 22.1. The van der Waals surface area contributed by atoms with Gasteiger partial charge in [0.05, 0.1) is 19.1 Å². The van der Waals surface area contributed by atoms with Crippen LogP contribution in [-0.4, -0.2) is 36.5 Å². The van der Waals surface area contributed by atoms with Gasteiger partial charge in [-0.25, -0.2) is 4.79 Å². The Balaban J connectivity index is 1.63. The Kier molecular flexibility index (Phi) is 7.81. The minimum atomic E-state index is -0.691. The molecular formula is C24H26N2O5. The third kappa shape index (κ3) is 6.70. The summed E-state index contributed by atoms with van der Waals surface area (Å²) in [5.74, 6) is -1.19. The van der Waals surface area contributed by atoms with E-state index >= 15 is 0 Å². The number of esters is 2. The molecule has 0 saturated carbocycles. The van der Waals surface area contributed by atoms with E-state index in [1.54, 1.807) is 6.92 Å². The molecule has 2 aromatic carbocycles. The van der Waals surface area contributed by atoms with Crippen LogP contribution in [0.1, 0.15) is 24.5 Å². The fourth-order valence-corrected chi connectivity index (χ4v) is 3.29. The van der Waals surface area contributed by atoms with E-state index in [0.717, 1.165) is 11.1 Å². The number of ether oxygens (including phenoxy) is 2. The molecule has 0 saturated heterocycles. The summed E-state index contributed by atoms with van der Waals surface area (Å²) in [6.45, 7) is 2.15. The average Bonchev–Trinajstić information content (AvgIpc) is 3.12. The number of hydrogen-bond acceptors (Lipinski definition) is 6. The van der Waals surface area contributed by atoms with Crippen molar-refractivity contribution in [3.63, 3.8) is 0 Å². The summed E-state index contributed by atoms with van der Waals surface area (Å²) in [5, 5.41) is 5.83. The predicted octanol–water partition coefficient (Wildman–Crippen LogP) is 2.27. The van der Waals surface area contributed by atoms with Crippen molar-refractivity contribution in [1.29, 1.82) is 0 Å². The molecule has 1 aliphatic rings. The SMILES string of the molecule is CCOC(=O)C(Cc1ccccc1)NC1=CC(=O)NC1CC(=O)OCc1ccccc1. The minimum absolute atomic E-state index is 0.0434. The summed E-state index contributed by atoms with van der Waals surface area (Å²) in [6, 6.07) is 17.6. The summed E-state index contributed by atoms with van der Waals surface area (Å²) in [6.07, 6.45) is 1.71. The van der Waals surface area contributed by atoms with E-state index in [1.165, 1.54) is 6.08 Å². The van der Waals surface area contributed by atoms with E-state index in [-0.39, 0.29) is 25.5 Å². The lowest BCUT2D eigenvalue weighted by molar-refractivity contribution is -0.145.